The molecule has 4 aromatic rings. The molecule has 0 saturated heterocycles. The molecule has 0 unspecified atom stereocenters. The minimum Gasteiger partial charge on any atom is -0.478 e. The number of halogens is 4. The molecule has 1 atom stereocenters. The number of hydrogen-bond acceptors (Lipinski definition) is 7. The summed E-state index contributed by atoms with van der Waals surface area (Å²) in [7, 11) is 0. The van der Waals surface area contributed by atoms with E-state index in [1.54, 1.807) is 13.1 Å². The van der Waals surface area contributed by atoms with E-state index in [9.17, 15) is 23.3 Å². The summed E-state index contributed by atoms with van der Waals surface area (Å²) < 4.78 is 49.7. The van der Waals surface area contributed by atoms with Crippen LogP contribution in [0.25, 0.3) is 11.3 Å². The number of nitro groups is 1. The Labute approximate surface area is 222 Å². The lowest BCUT2D eigenvalue weighted by Gasteiger charge is -2.18. The van der Waals surface area contributed by atoms with E-state index >= 15 is 0 Å². The minimum atomic E-state index is -2.99. The molecule has 1 fully saturated rings. The van der Waals surface area contributed by atoms with Crippen molar-refractivity contribution >= 4 is 21.7 Å². The Morgan fingerprint density at radius 3 is 2.74 bits per heavy atom. The smallest absolute Gasteiger partial charge is 0.406 e. The Morgan fingerprint density at radius 2 is 2.03 bits per heavy atom. The SMILES string of the molecule is C[C@@H](Oc1cc(Br)cnc1[N+](=O)[O-])c1cc(F)ccc1-c1nn(C(F)F)nc1Cc1cnn(CC2CC2)c1. The quantitative estimate of drug-likeness (QED) is 0.167. The molecule has 0 amide bonds. The summed E-state index contributed by atoms with van der Waals surface area (Å²) in [6, 6.07) is 5.12. The summed E-state index contributed by atoms with van der Waals surface area (Å²) in [5.41, 5.74) is 1.67. The van der Waals surface area contributed by atoms with Gasteiger partial charge in [0.15, 0.2) is 6.20 Å². The Hall–Kier alpha value is -3.81. The van der Waals surface area contributed by atoms with E-state index < -0.39 is 29.2 Å². The van der Waals surface area contributed by atoms with Gasteiger partial charge in [-0.05, 0) is 75.3 Å². The van der Waals surface area contributed by atoms with Crippen molar-refractivity contribution < 1.29 is 22.8 Å². The summed E-state index contributed by atoms with van der Waals surface area (Å²) in [5.74, 6) is -0.667. The van der Waals surface area contributed by atoms with Crippen LogP contribution in [0.15, 0.2) is 47.3 Å². The highest BCUT2D eigenvalue weighted by Crippen LogP contribution is 2.36. The lowest BCUT2D eigenvalue weighted by Crippen LogP contribution is -2.08. The fourth-order valence-electron chi connectivity index (χ4n) is 4.10. The molecule has 0 spiro atoms. The van der Waals surface area contributed by atoms with Crippen molar-refractivity contribution in [1.82, 2.24) is 29.8 Å². The van der Waals surface area contributed by atoms with Crippen molar-refractivity contribution in [1.29, 1.82) is 0 Å². The number of hydrogen-bond donors (Lipinski definition) is 0. The van der Waals surface area contributed by atoms with Gasteiger partial charge >= 0.3 is 12.4 Å². The van der Waals surface area contributed by atoms with Crippen molar-refractivity contribution in [3.8, 4) is 17.0 Å². The number of benzene rings is 1. The molecule has 10 nitrogen and oxygen atoms in total. The first kappa shape index (κ1) is 25.8. The van der Waals surface area contributed by atoms with Crippen LogP contribution in [0, 0.1) is 21.8 Å². The van der Waals surface area contributed by atoms with Crippen LogP contribution in [0.3, 0.4) is 0 Å². The fourth-order valence-corrected chi connectivity index (χ4v) is 4.41. The maximum absolute atomic E-state index is 14.4. The number of rotatable bonds is 10. The number of ether oxygens (including phenoxy) is 1. The van der Waals surface area contributed by atoms with Crippen LogP contribution in [0.5, 0.6) is 5.75 Å². The molecule has 14 heteroatoms. The molecule has 3 heterocycles. The third kappa shape index (κ3) is 5.69. The molecule has 38 heavy (non-hydrogen) atoms. The van der Waals surface area contributed by atoms with Crippen molar-refractivity contribution in [2.45, 2.75) is 45.4 Å². The van der Waals surface area contributed by atoms with Crippen molar-refractivity contribution in [2.24, 2.45) is 5.92 Å². The Kier molecular flexibility index (Phi) is 7.15. The summed E-state index contributed by atoms with van der Waals surface area (Å²) in [4.78, 5) is 14.8. The highest BCUT2D eigenvalue weighted by molar-refractivity contribution is 9.10. The van der Waals surface area contributed by atoms with Crippen LogP contribution in [-0.2, 0) is 13.0 Å². The van der Waals surface area contributed by atoms with Gasteiger partial charge < -0.3 is 14.9 Å². The number of aromatic nitrogens is 6. The summed E-state index contributed by atoms with van der Waals surface area (Å²) in [6.07, 6.45) is 6.31. The van der Waals surface area contributed by atoms with Crippen LogP contribution >= 0.6 is 15.9 Å². The van der Waals surface area contributed by atoms with Gasteiger partial charge in [0.05, 0.1) is 16.4 Å². The third-order valence-electron chi connectivity index (χ3n) is 6.06. The lowest BCUT2D eigenvalue weighted by atomic mass is 9.97. The van der Waals surface area contributed by atoms with Crippen molar-refractivity contribution in [3.05, 3.63) is 80.1 Å². The predicted molar refractivity (Wildman–Crippen MR) is 132 cm³/mol. The number of alkyl halides is 2. The second-order valence-corrected chi connectivity index (χ2v) is 9.92. The van der Waals surface area contributed by atoms with Gasteiger partial charge in [0, 0.05) is 36.4 Å². The standard InChI is InChI=1S/C24H21BrF3N7O3/c1-13(38-21-7-16(25)10-29-23(21)35(36)37)19-8-17(26)4-5-18(19)22-20(31-34(32-22)24(27)28)6-15-9-30-33(12-15)11-14-2-3-14/h4-5,7-10,12-14,24H,2-3,6,11H2,1H3/t13-/m1/s1. The van der Waals surface area contributed by atoms with E-state index in [4.69, 9.17) is 4.74 Å². The molecule has 5 rings (SSSR count). The number of nitrogens with zero attached hydrogens (tertiary/aromatic N) is 7. The van der Waals surface area contributed by atoms with Gasteiger partial charge in [-0.1, -0.05) is 0 Å². The summed E-state index contributed by atoms with van der Waals surface area (Å²) in [6.45, 7) is -0.639. The first-order chi connectivity index (χ1) is 18.2. The van der Waals surface area contributed by atoms with Crippen LogP contribution in [-0.4, -0.2) is 34.7 Å². The second kappa shape index (κ2) is 10.5. The normalized spacial score (nSPS) is 14.2. The lowest BCUT2D eigenvalue weighted by molar-refractivity contribution is -0.390. The molecular formula is C24H21BrF3N7O3. The molecular weight excluding hydrogens is 571 g/mol. The average Bonchev–Trinajstić information content (AvgIpc) is 3.40. The molecule has 1 aliphatic carbocycles. The van der Waals surface area contributed by atoms with Gasteiger partial charge in [0.2, 0.25) is 5.75 Å². The molecule has 1 saturated carbocycles. The molecule has 1 aliphatic rings. The predicted octanol–water partition coefficient (Wildman–Crippen LogP) is 5.88. The van der Waals surface area contributed by atoms with E-state index in [-0.39, 0.29) is 29.1 Å². The van der Waals surface area contributed by atoms with E-state index in [2.05, 4.69) is 36.2 Å². The largest absolute Gasteiger partial charge is 0.478 e. The van der Waals surface area contributed by atoms with E-state index in [0.717, 1.165) is 24.9 Å². The van der Waals surface area contributed by atoms with Gasteiger partial charge in [0.25, 0.3) is 0 Å². The molecule has 0 N–H and O–H groups in total. The number of pyridine rings is 1. The van der Waals surface area contributed by atoms with Crippen molar-refractivity contribution in [2.75, 3.05) is 0 Å². The summed E-state index contributed by atoms with van der Waals surface area (Å²) >= 11 is 3.21. The Morgan fingerprint density at radius 1 is 1.24 bits per heavy atom. The maximum atomic E-state index is 14.4. The van der Waals surface area contributed by atoms with Gasteiger partial charge in [-0.3, -0.25) is 4.68 Å². The van der Waals surface area contributed by atoms with Crippen LogP contribution in [0.2, 0.25) is 0 Å². The van der Waals surface area contributed by atoms with Crippen molar-refractivity contribution in [3.63, 3.8) is 0 Å². The first-order valence-corrected chi connectivity index (χ1v) is 12.5. The van der Waals surface area contributed by atoms with Gasteiger partial charge in [0.1, 0.15) is 17.6 Å². The van der Waals surface area contributed by atoms with Crippen LogP contribution < -0.4 is 4.74 Å². The fraction of sp³-hybridized carbons (Fsp3) is 0.333. The monoisotopic (exact) mass is 591 g/mol. The molecule has 3 aromatic heterocycles. The maximum Gasteiger partial charge on any atom is 0.406 e. The topological polar surface area (TPSA) is 114 Å². The highest BCUT2D eigenvalue weighted by atomic mass is 79.9. The van der Waals surface area contributed by atoms with Crippen LogP contribution in [0.4, 0.5) is 19.0 Å². The summed E-state index contributed by atoms with van der Waals surface area (Å²) in [5, 5.41) is 23.8. The first-order valence-electron chi connectivity index (χ1n) is 11.7. The zero-order valence-corrected chi connectivity index (χ0v) is 21.6. The van der Waals surface area contributed by atoms with Crippen LogP contribution in [0.1, 0.15) is 49.2 Å². The van der Waals surface area contributed by atoms with E-state index in [0.29, 0.717) is 20.8 Å². The van der Waals surface area contributed by atoms with E-state index in [1.165, 1.54) is 30.5 Å². The zero-order chi connectivity index (χ0) is 27.0. The molecule has 0 radical (unpaired) electrons. The van der Waals surface area contributed by atoms with E-state index in [1.807, 2.05) is 10.9 Å². The highest BCUT2D eigenvalue weighted by Gasteiger charge is 2.26. The van der Waals surface area contributed by atoms with Gasteiger partial charge in [-0.15, -0.1) is 9.90 Å². The third-order valence-corrected chi connectivity index (χ3v) is 6.49. The molecule has 0 bridgehead atoms. The Balaban J connectivity index is 1.51. The van der Waals surface area contributed by atoms with Gasteiger partial charge in [-0.25, -0.2) is 4.39 Å². The molecule has 1 aromatic carbocycles. The molecule has 198 valence electrons. The zero-order valence-electron chi connectivity index (χ0n) is 20.0. The average molecular weight is 592 g/mol. The molecule has 0 aliphatic heterocycles. The Bertz CT molecular complexity index is 1490. The second-order valence-electron chi connectivity index (χ2n) is 9.01. The van der Waals surface area contributed by atoms with Gasteiger partial charge in [-0.2, -0.15) is 19.0 Å². The minimum absolute atomic E-state index is 0.118.